The molecule has 0 spiro atoms. The minimum absolute atomic E-state index is 0.0167. The first-order valence-corrected chi connectivity index (χ1v) is 9.80. The number of carbonyl (C=O) groups excluding carboxylic acids is 1. The van der Waals surface area contributed by atoms with Crippen molar-refractivity contribution in [3.05, 3.63) is 36.0 Å². The Morgan fingerprint density at radius 1 is 1.18 bits per heavy atom. The molecule has 0 radical (unpaired) electrons. The lowest BCUT2D eigenvalue weighted by molar-refractivity contribution is -0.123. The van der Waals surface area contributed by atoms with Crippen molar-refractivity contribution in [1.82, 2.24) is 9.78 Å². The third kappa shape index (κ3) is 4.03. The molecule has 1 aliphatic rings. The zero-order valence-corrected chi connectivity index (χ0v) is 16.6. The van der Waals surface area contributed by atoms with Crippen molar-refractivity contribution < 1.29 is 14.7 Å². The molecule has 1 aromatic carbocycles. The summed E-state index contributed by atoms with van der Waals surface area (Å²) in [7, 11) is 0. The summed E-state index contributed by atoms with van der Waals surface area (Å²) in [5.74, 6) is -0.389. The van der Waals surface area contributed by atoms with Crippen molar-refractivity contribution in [1.29, 1.82) is 0 Å². The van der Waals surface area contributed by atoms with Gasteiger partial charge in [-0.15, -0.1) is 5.10 Å². The van der Waals surface area contributed by atoms with Gasteiger partial charge in [-0.2, -0.15) is 0 Å². The standard InChI is InChI=1S/C21H28N4O3/c1-13(2)25(20(26)15-6-4-14(3)5-7-15)19-18(21(27)28)12-24(23-19)17-10-8-16(22)9-11-17/h8-15H,4-7,22H2,1-3H3,(H,27,28)/t14-,15-. The summed E-state index contributed by atoms with van der Waals surface area (Å²) in [5, 5.41) is 14.2. The lowest BCUT2D eigenvalue weighted by Crippen LogP contribution is -2.43. The Bertz CT molecular complexity index is 849. The van der Waals surface area contributed by atoms with Crippen LogP contribution in [0.5, 0.6) is 0 Å². The molecule has 1 fully saturated rings. The topological polar surface area (TPSA) is 101 Å². The molecule has 2 aromatic rings. The maximum absolute atomic E-state index is 13.3. The molecule has 7 nitrogen and oxygen atoms in total. The Labute approximate surface area is 165 Å². The Hall–Kier alpha value is -2.83. The number of aromatic carboxylic acids is 1. The number of carboxylic acid groups (broad SMARTS) is 1. The van der Waals surface area contributed by atoms with Gasteiger partial charge in [0.25, 0.3) is 0 Å². The van der Waals surface area contributed by atoms with Crippen LogP contribution in [0.1, 0.15) is 56.8 Å². The number of carbonyl (C=O) groups is 2. The lowest BCUT2D eigenvalue weighted by Gasteiger charge is -2.32. The number of anilines is 2. The zero-order chi connectivity index (χ0) is 20.4. The van der Waals surface area contributed by atoms with E-state index < -0.39 is 5.97 Å². The van der Waals surface area contributed by atoms with Crippen LogP contribution in [-0.2, 0) is 4.79 Å². The highest BCUT2D eigenvalue weighted by molar-refractivity contribution is 6.01. The maximum Gasteiger partial charge on any atom is 0.341 e. The summed E-state index contributed by atoms with van der Waals surface area (Å²) in [4.78, 5) is 26.7. The molecule has 0 bridgehead atoms. The molecule has 150 valence electrons. The number of amides is 1. The van der Waals surface area contributed by atoms with Gasteiger partial charge in [-0.3, -0.25) is 9.69 Å². The van der Waals surface area contributed by atoms with Crippen LogP contribution in [0.2, 0.25) is 0 Å². The van der Waals surface area contributed by atoms with E-state index in [2.05, 4.69) is 12.0 Å². The number of hydrogen-bond donors (Lipinski definition) is 2. The Morgan fingerprint density at radius 2 is 1.79 bits per heavy atom. The molecule has 0 saturated heterocycles. The highest BCUT2D eigenvalue weighted by Crippen LogP contribution is 2.32. The normalized spacial score (nSPS) is 19.6. The number of rotatable bonds is 5. The van der Waals surface area contributed by atoms with E-state index in [4.69, 9.17) is 5.73 Å². The number of nitrogens with zero attached hydrogens (tertiary/aromatic N) is 3. The number of nitrogen functional groups attached to an aromatic ring is 1. The molecule has 3 N–H and O–H groups in total. The largest absolute Gasteiger partial charge is 0.477 e. The minimum atomic E-state index is -1.10. The number of nitrogens with two attached hydrogens (primary N) is 1. The van der Waals surface area contributed by atoms with Crippen molar-refractivity contribution in [2.75, 3.05) is 10.6 Å². The lowest BCUT2D eigenvalue weighted by atomic mass is 9.82. The fourth-order valence-corrected chi connectivity index (χ4v) is 3.76. The van der Waals surface area contributed by atoms with E-state index in [-0.39, 0.29) is 29.2 Å². The molecule has 1 aliphatic carbocycles. The summed E-state index contributed by atoms with van der Waals surface area (Å²) in [6, 6.07) is 6.79. The number of aromatic nitrogens is 2. The van der Waals surface area contributed by atoms with E-state index in [0.717, 1.165) is 25.7 Å². The summed E-state index contributed by atoms with van der Waals surface area (Å²) >= 11 is 0. The zero-order valence-electron chi connectivity index (χ0n) is 16.6. The minimum Gasteiger partial charge on any atom is -0.477 e. The second-order valence-electron chi connectivity index (χ2n) is 7.97. The van der Waals surface area contributed by atoms with Crippen molar-refractivity contribution in [2.45, 2.75) is 52.5 Å². The quantitative estimate of drug-likeness (QED) is 0.765. The van der Waals surface area contributed by atoms with Crippen molar-refractivity contribution in [3.63, 3.8) is 0 Å². The average Bonchev–Trinajstić information content (AvgIpc) is 3.07. The molecule has 1 saturated carbocycles. The number of hydrogen-bond acceptors (Lipinski definition) is 4. The smallest absolute Gasteiger partial charge is 0.341 e. The van der Waals surface area contributed by atoms with Gasteiger partial charge in [0.15, 0.2) is 5.82 Å². The summed E-state index contributed by atoms with van der Waals surface area (Å²) < 4.78 is 1.49. The van der Waals surface area contributed by atoms with Crippen molar-refractivity contribution in [2.24, 2.45) is 11.8 Å². The molecule has 1 amide bonds. The van der Waals surface area contributed by atoms with E-state index in [0.29, 0.717) is 17.3 Å². The molecule has 0 atom stereocenters. The molecular formula is C21H28N4O3. The number of carboxylic acids is 1. The van der Waals surface area contributed by atoms with E-state index in [1.165, 1.54) is 10.9 Å². The van der Waals surface area contributed by atoms with Crippen molar-refractivity contribution >= 4 is 23.4 Å². The fourth-order valence-electron chi connectivity index (χ4n) is 3.76. The number of benzene rings is 1. The van der Waals surface area contributed by atoms with Gasteiger partial charge >= 0.3 is 5.97 Å². The fraction of sp³-hybridized carbons (Fsp3) is 0.476. The molecule has 0 unspecified atom stereocenters. The van der Waals surface area contributed by atoms with Gasteiger partial charge in [0.2, 0.25) is 5.91 Å². The van der Waals surface area contributed by atoms with Gasteiger partial charge in [0.05, 0.1) is 5.69 Å². The van der Waals surface area contributed by atoms with Gasteiger partial charge < -0.3 is 10.8 Å². The first-order chi connectivity index (χ1) is 13.3. The van der Waals surface area contributed by atoms with Crippen LogP contribution in [0.25, 0.3) is 5.69 Å². The monoisotopic (exact) mass is 384 g/mol. The third-order valence-electron chi connectivity index (χ3n) is 5.43. The second-order valence-corrected chi connectivity index (χ2v) is 7.97. The predicted octanol–water partition coefficient (Wildman–Crippen LogP) is 3.72. The van der Waals surface area contributed by atoms with Crippen LogP contribution >= 0.6 is 0 Å². The van der Waals surface area contributed by atoms with Crippen LogP contribution in [0.3, 0.4) is 0 Å². The molecule has 1 aromatic heterocycles. The molecule has 7 heteroatoms. The molecule has 3 rings (SSSR count). The van der Waals surface area contributed by atoms with Crippen LogP contribution in [-0.4, -0.2) is 32.8 Å². The summed E-state index contributed by atoms with van der Waals surface area (Å²) in [5.41, 5.74) is 7.05. The Kier molecular flexibility index (Phi) is 5.72. The maximum atomic E-state index is 13.3. The van der Waals surface area contributed by atoms with Crippen LogP contribution in [0, 0.1) is 11.8 Å². The van der Waals surface area contributed by atoms with Gasteiger partial charge in [0.1, 0.15) is 5.56 Å². The van der Waals surface area contributed by atoms with E-state index in [1.807, 2.05) is 13.8 Å². The van der Waals surface area contributed by atoms with E-state index in [1.54, 1.807) is 29.2 Å². The third-order valence-corrected chi connectivity index (χ3v) is 5.43. The van der Waals surface area contributed by atoms with Crippen molar-refractivity contribution in [3.8, 4) is 5.69 Å². The van der Waals surface area contributed by atoms with Crippen LogP contribution in [0.4, 0.5) is 11.5 Å². The SMILES string of the molecule is CC(C)N(c1nn(-c2ccc(N)cc2)cc1C(=O)O)C(=O)[C@H]1CC[C@H](C)CC1. The molecule has 28 heavy (non-hydrogen) atoms. The Balaban J connectivity index is 1.99. The average molecular weight is 384 g/mol. The molecule has 1 heterocycles. The molecular weight excluding hydrogens is 356 g/mol. The van der Waals surface area contributed by atoms with Gasteiger partial charge in [0, 0.05) is 23.8 Å². The first-order valence-electron chi connectivity index (χ1n) is 9.80. The predicted molar refractivity (Wildman–Crippen MR) is 109 cm³/mol. The molecule has 0 aliphatic heterocycles. The van der Waals surface area contributed by atoms with Gasteiger partial charge in [-0.05, 0) is 69.7 Å². The first kappa shape index (κ1) is 19.9. The summed E-state index contributed by atoms with van der Waals surface area (Å²) in [6.07, 6.45) is 5.17. The highest BCUT2D eigenvalue weighted by Gasteiger charge is 2.34. The Morgan fingerprint density at radius 3 is 2.32 bits per heavy atom. The highest BCUT2D eigenvalue weighted by atomic mass is 16.4. The van der Waals surface area contributed by atoms with E-state index in [9.17, 15) is 14.7 Å². The van der Waals surface area contributed by atoms with Gasteiger partial charge in [-0.1, -0.05) is 6.92 Å². The second kappa shape index (κ2) is 8.04. The van der Waals surface area contributed by atoms with E-state index >= 15 is 0 Å². The van der Waals surface area contributed by atoms with Crippen LogP contribution in [0.15, 0.2) is 30.5 Å². The van der Waals surface area contributed by atoms with Crippen LogP contribution < -0.4 is 10.6 Å². The van der Waals surface area contributed by atoms with Gasteiger partial charge in [-0.25, -0.2) is 9.48 Å². The summed E-state index contributed by atoms with van der Waals surface area (Å²) in [6.45, 7) is 5.98.